The van der Waals surface area contributed by atoms with Crippen molar-refractivity contribution in [3.63, 3.8) is 0 Å². The van der Waals surface area contributed by atoms with Gasteiger partial charge in [-0.1, -0.05) is 13.8 Å². The van der Waals surface area contributed by atoms with E-state index in [9.17, 15) is 26.3 Å². The van der Waals surface area contributed by atoms with Crippen molar-refractivity contribution in [2.75, 3.05) is 6.61 Å². The first-order valence-corrected chi connectivity index (χ1v) is 7.27. The molecule has 0 unspecified atom stereocenters. The Morgan fingerprint density at radius 3 is 2.25 bits per heavy atom. The molecule has 24 heavy (non-hydrogen) atoms. The molecule has 1 aromatic heterocycles. The third-order valence-electron chi connectivity index (χ3n) is 2.97. The van der Waals surface area contributed by atoms with Crippen LogP contribution in [0.1, 0.15) is 44.9 Å². The maximum absolute atomic E-state index is 13.1. The molecule has 1 rings (SSSR count). The largest absolute Gasteiger partial charge is 0.477 e. The maximum Gasteiger partial charge on any atom is 0.435 e. The number of ether oxygens (including phenoxy) is 1. The molecular weight excluding hydrogens is 338 g/mol. The molecule has 0 atom stereocenters. The number of rotatable bonds is 6. The topological polar surface area (TPSA) is 34.5 Å². The van der Waals surface area contributed by atoms with Crippen LogP contribution < -0.4 is 4.74 Å². The number of pyridine rings is 1. The number of halogens is 6. The van der Waals surface area contributed by atoms with Gasteiger partial charge in [-0.05, 0) is 31.7 Å². The second-order valence-electron chi connectivity index (χ2n) is 5.48. The molecule has 0 spiro atoms. The number of aromatic nitrogens is 1. The molecular formula is C15H18F6N2O. The Labute approximate surface area is 135 Å². The van der Waals surface area contributed by atoms with Gasteiger partial charge >= 0.3 is 12.4 Å². The molecule has 0 aliphatic rings. The number of hydrogen-bond donors (Lipinski definition) is 0. The van der Waals surface area contributed by atoms with Crippen molar-refractivity contribution in [3.8, 4) is 5.88 Å². The molecule has 1 heterocycles. The van der Waals surface area contributed by atoms with Crippen LogP contribution in [0, 0.1) is 5.92 Å². The molecule has 0 bridgehead atoms. The summed E-state index contributed by atoms with van der Waals surface area (Å²) in [6.45, 7) is 4.98. The van der Waals surface area contributed by atoms with E-state index in [1.54, 1.807) is 0 Å². The van der Waals surface area contributed by atoms with Gasteiger partial charge in [0.25, 0.3) is 0 Å². The number of aliphatic imine (C=N–C) groups is 1. The number of hydrogen-bond acceptors (Lipinski definition) is 3. The second-order valence-corrected chi connectivity index (χ2v) is 5.48. The van der Waals surface area contributed by atoms with E-state index in [4.69, 9.17) is 4.74 Å². The molecule has 136 valence electrons. The fourth-order valence-electron chi connectivity index (χ4n) is 1.91. The van der Waals surface area contributed by atoms with Crippen molar-refractivity contribution in [3.05, 3.63) is 17.3 Å². The highest BCUT2D eigenvalue weighted by Gasteiger charge is 2.42. The molecule has 1 aromatic rings. The highest BCUT2D eigenvalue weighted by atomic mass is 19.4. The summed E-state index contributed by atoms with van der Waals surface area (Å²) in [5, 5.41) is 0. The fourth-order valence-corrected chi connectivity index (χ4v) is 1.91. The van der Waals surface area contributed by atoms with Gasteiger partial charge in [0, 0.05) is 6.21 Å². The maximum atomic E-state index is 13.1. The number of nitrogens with zero attached hydrogens (tertiary/aromatic N) is 2. The van der Waals surface area contributed by atoms with E-state index >= 15 is 0 Å². The van der Waals surface area contributed by atoms with E-state index in [2.05, 4.69) is 9.98 Å². The Hall–Kier alpha value is -1.80. The zero-order valence-corrected chi connectivity index (χ0v) is 13.4. The molecule has 0 aliphatic carbocycles. The standard InChI is InChI=1S/C15H18F6N2O/c1-4-22-11-8-10(14(16,17)18)13(23-12(11)15(19,20)21)24-7-5-6-9(2)3/h4,8-9H,5-7H2,1-3H3. The molecule has 9 heteroatoms. The average molecular weight is 356 g/mol. The van der Waals surface area contributed by atoms with Crippen LogP contribution in [0.3, 0.4) is 0 Å². The zero-order valence-electron chi connectivity index (χ0n) is 13.4. The van der Waals surface area contributed by atoms with Gasteiger partial charge in [-0.25, -0.2) is 4.98 Å². The summed E-state index contributed by atoms with van der Waals surface area (Å²) in [4.78, 5) is 6.41. The smallest absolute Gasteiger partial charge is 0.435 e. The lowest BCUT2D eigenvalue weighted by Crippen LogP contribution is -2.16. The molecule has 0 saturated heterocycles. The predicted molar refractivity (Wildman–Crippen MR) is 77.6 cm³/mol. The van der Waals surface area contributed by atoms with E-state index in [1.807, 2.05) is 13.8 Å². The van der Waals surface area contributed by atoms with Crippen LogP contribution >= 0.6 is 0 Å². The highest BCUT2D eigenvalue weighted by Crippen LogP contribution is 2.42. The van der Waals surface area contributed by atoms with Gasteiger partial charge in [-0.2, -0.15) is 26.3 Å². The summed E-state index contributed by atoms with van der Waals surface area (Å²) in [5.41, 5.74) is -3.78. The summed E-state index contributed by atoms with van der Waals surface area (Å²) >= 11 is 0. The van der Waals surface area contributed by atoms with E-state index in [-0.39, 0.29) is 6.61 Å². The van der Waals surface area contributed by atoms with Crippen LogP contribution in [-0.4, -0.2) is 17.8 Å². The summed E-state index contributed by atoms with van der Waals surface area (Å²) in [7, 11) is 0. The van der Waals surface area contributed by atoms with E-state index in [0.29, 0.717) is 24.8 Å². The number of alkyl halides is 6. The Morgan fingerprint density at radius 1 is 1.17 bits per heavy atom. The zero-order chi connectivity index (χ0) is 18.5. The predicted octanol–water partition coefficient (Wildman–Crippen LogP) is 5.66. The van der Waals surface area contributed by atoms with Gasteiger partial charge < -0.3 is 4.74 Å². The van der Waals surface area contributed by atoms with E-state index < -0.39 is 35.2 Å². The minimum absolute atomic E-state index is 0.151. The first kappa shape index (κ1) is 20.2. The average Bonchev–Trinajstić information content (AvgIpc) is 2.42. The lowest BCUT2D eigenvalue weighted by atomic mass is 10.1. The lowest BCUT2D eigenvalue weighted by Gasteiger charge is -2.17. The third kappa shape index (κ3) is 5.68. The monoisotopic (exact) mass is 356 g/mol. The highest BCUT2D eigenvalue weighted by molar-refractivity contribution is 5.63. The van der Waals surface area contributed by atoms with Gasteiger partial charge in [0.1, 0.15) is 5.56 Å². The van der Waals surface area contributed by atoms with Crippen molar-refractivity contribution in [2.45, 2.75) is 46.0 Å². The minimum atomic E-state index is -4.94. The van der Waals surface area contributed by atoms with Gasteiger partial charge in [0.2, 0.25) is 5.88 Å². The van der Waals surface area contributed by atoms with Crippen LogP contribution in [0.25, 0.3) is 0 Å². The molecule has 3 nitrogen and oxygen atoms in total. The van der Waals surface area contributed by atoms with Gasteiger partial charge in [-0.3, -0.25) is 4.99 Å². The molecule has 0 saturated carbocycles. The molecule has 0 N–H and O–H groups in total. The van der Waals surface area contributed by atoms with Crippen LogP contribution in [0.4, 0.5) is 32.0 Å². The van der Waals surface area contributed by atoms with Gasteiger partial charge in [0.05, 0.1) is 12.3 Å². The minimum Gasteiger partial charge on any atom is -0.477 e. The quantitative estimate of drug-likeness (QED) is 0.375. The van der Waals surface area contributed by atoms with Crippen LogP contribution in [0.2, 0.25) is 0 Å². The van der Waals surface area contributed by atoms with Gasteiger partial charge in [0.15, 0.2) is 5.69 Å². The van der Waals surface area contributed by atoms with Crippen molar-refractivity contribution >= 4 is 11.9 Å². The fraction of sp³-hybridized carbons (Fsp3) is 0.600. The summed E-state index contributed by atoms with van der Waals surface area (Å²) in [5.74, 6) is -0.774. The summed E-state index contributed by atoms with van der Waals surface area (Å²) in [6, 6.07) is 0.313. The Kier molecular flexibility index (Phi) is 6.62. The van der Waals surface area contributed by atoms with E-state index in [1.165, 1.54) is 6.92 Å². The Balaban J connectivity index is 3.27. The van der Waals surface area contributed by atoms with Crippen molar-refractivity contribution in [1.82, 2.24) is 4.98 Å². The second kappa shape index (κ2) is 7.85. The van der Waals surface area contributed by atoms with Crippen molar-refractivity contribution in [2.24, 2.45) is 10.9 Å². The Morgan fingerprint density at radius 2 is 1.79 bits per heavy atom. The SMILES string of the molecule is CC=Nc1cc(C(F)(F)F)c(OCCCC(C)C)nc1C(F)(F)F. The van der Waals surface area contributed by atoms with Crippen LogP contribution in [0.15, 0.2) is 11.1 Å². The normalized spacial score (nSPS) is 13.1. The van der Waals surface area contributed by atoms with Gasteiger partial charge in [-0.15, -0.1) is 0 Å². The molecule has 0 aromatic carbocycles. The Bertz CT molecular complexity index is 579. The first-order valence-electron chi connectivity index (χ1n) is 7.27. The molecule has 0 aliphatic heterocycles. The van der Waals surface area contributed by atoms with Crippen molar-refractivity contribution in [1.29, 1.82) is 0 Å². The lowest BCUT2D eigenvalue weighted by molar-refractivity contribution is -0.145. The summed E-state index contributed by atoms with van der Waals surface area (Å²) < 4.78 is 83.1. The molecule has 0 amide bonds. The van der Waals surface area contributed by atoms with Crippen LogP contribution in [-0.2, 0) is 12.4 Å². The summed E-state index contributed by atoms with van der Waals surface area (Å²) in [6.07, 6.45) is -7.79. The van der Waals surface area contributed by atoms with E-state index in [0.717, 1.165) is 6.21 Å². The molecule has 0 fully saturated rings. The van der Waals surface area contributed by atoms with Crippen LogP contribution in [0.5, 0.6) is 5.88 Å². The first-order chi connectivity index (χ1) is 11.0. The molecule has 0 radical (unpaired) electrons. The third-order valence-corrected chi connectivity index (χ3v) is 2.97. The van der Waals surface area contributed by atoms with Crippen molar-refractivity contribution < 1.29 is 31.1 Å².